The number of hydrogen-bond acceptors (Lipinski definition) is 3. The number of nitrogens with one attached hydrogen (secondary N) is 2. The molecule has 1 atom stereocenters. The van der Waals surface area contributed by atoms with E-state index in [4.69, 9.17) is 23.2 Å². The number of halogens is 2. The van der Waals surface area contributed by atoms with Gasteiger partial charge < -0.3 is 10.2 Å². The Balaban J connectivity index is 1.59. The van der Waals surface area contributed by atoms with Gasteiger partial charge in [-0.05, 0) is 30.3 Å². The molecular formula is C17H16Cl2N3OS+. The molecule has 0 saturated heterocycles. The van der Waals surface area contributed by atoms with Crippen LogP contribution in [0.1, 0.15) is 5.01 Å². The molecule has 1 unspecified atom stereocenters. The predicted molar refractivity (Wildman–Crippen MR) is 100 cm³/mol. The summed E-state index contributed by atoms with van der Waals surface area (Å²) in [6.45, 7) is 1.02. The van der Waals surface area contributed by atoms with Crippen LogP contribution in [-0.4, -0.2) is 24.5 Å². The van der Waals surface area contributed by atoms with Crippen molar-refractivity contribution in [2.75, 3.05) is 18.9 Å². The Morgan fingerprint density at radius 2 is 2.04 bits per heavy atom. The number of nitrogens with zero attached hydrogens (tertiary/aromatic N) is 1. The van der Waals surface area contributed by atoms with Gasteiger partial charge in [0.05, 0.1) is 28.0 Å². The third-order valence-corrected chi connectivity index (χ3v) is 5.04. The van der Waals surface area contributed by atoms with Crippen LogP contribution in [0.3, 0.4) is 0 Å². The van der Waals surface area contributed by atoms with E-state index in [1.54, 1.807) is 29.5 Å². The monoisotopic (exact) mass is 380 g/mol. The highest BCUT2D eigenvalue weighted by atomic mass is 35.5. The van der Waals surface area contributed by atoms with Crippen LogP contribution in [0.25, 0.3) is 10.2 Å². The molecular weight excluding hydrogens is 365 g/mol. The lowest BCUT2D eigenvalue weighted by Crippen LogP contribution is -3.08. The molecule has 3 rings (SSSR count). The van der Waals surface area contributed by atoms with Crippen LogP contribution < -0.4 is 10.2 Å². The van der Waals surface area contributed by atoms with Crippen molar-refractivity contribution in [1.29, 1.82) is 0 Å². The van der Waals surface area contributed by atoms with Gasteiger partial charge in [-0.15, -0.1) is 11.3 Å². The number of likely N-dealkylation sites (N-methyl/N-ethyl adjacent to an activating group) is 1. The Kier molecular flexibility index (Phi) is 5.36. The number of rotatable bonds is 5. The van der Waals surface area contributed by atoms with Crippen molar-refractivity contribution in [1.82, 2.24) is 4.98 Å². The third kappa shape index (κ3) is 4.24. The van der Waals surface area contributed by atoms with Crippen LogP contribution in [0.5, 0.6) is 0 Å². The number of quaternary nitrogens is 1. The zero-order chi connectivity index (χ0) is 17.1. The SMILES string of the molecule is C[NH+](CC(=O)Nc1ccc(Cl)cc1Cl)Cc1nc2ccccc2s1. The van der Waals surface area contributed by atoms with E-state index in [-0.39, 0.29) is 5.91 Å². The lowest BCUT2D eigenvalue weighted by atomic mass is 10.3. The van der Waals surface area contributed by atoms with Crippen molar-refractivity contribution in [3.63, 3.8) is 0 Å². The summed E-state index contributed by atoms with van der Waals surface area (Å²) in [4.78, 5) is 17.8. The Morgan fingerprint density at radius 3 is 2.79 bits per heavy atom. The fraction of sp³-hybridized carbons (Fsp3) is 0.176. The minimum Gasteiger partial charge on any atom is -0.324 e. The molecule has 0 aliphatic carbocycles. The van der Waals surface area contributed by atoms with E-state index < -0.39 is 0 Å². The summed E-state index contributed by atoms with van der Waals surface area (Å²) in [6, 6.07) is 13.0. The van der Waals surface area contributed by atoms with Crippen LogP contribution in [-0.2, 0) is 11.3 Å². The second kappa shape index (κ2) is 7.49. The number of anilines is 1. The minimum atomic E-state index is -0.0992. The van der Waals surface area contributed by atoms with Crippen molar-refractivity contribution in [2.45, 2.75) is 6.54 Å². The molecule has 7 heteroatoms. The molecule has 1 heterocycles. The maximum atomic E-state index is 12.2. The Labute approximate surface area is 154 Å². The van der Waals surface area contributed by atoms with Gasteiger partial charge in [0.1, 0.15) is 11.6 Å². The number of carbonyl (C=O) groups is 1. The average Bonchev–Trinajstić information content (AvgIpc) is 2.91. The zero-order valence-corrected chi connectivity index (χ0v) is 15.3. The fourth-order valence-electron chi connectivity index (χ4n) is 2.38. The molecule has 0 radical (unpaired) electrons. The van der Waals surface area contributed by atoms with Gasteiger partial charge >= 0.3 is 0 Å². The Bertz CT molecular complexity index is 848. The van der Waals surface area contributed by atoms with Crippen LogP contribution >= 0.6 is 34.5 Å². The van der Waals surface area contributed by atoms with E-state index >= 15 is 0 Å². The van der Waals surface area contributed by atoms with Crippen LogP contribution in [0.2, 0.25) is 10.0 Å². The smallest absolute Gasteiger partial charge is 0.279 e. The predicted octanol–water partition coefficient (Wildman–Crippen LogP) is 3.26. The second-order valence-electron chi connectivity index (χ2n) is 5.56. The summed E-state index contributed by atoms with van der Waals surface area (Å²) in [5, 5.41) is 4.80. The lowest BCUT2D eigenvalue weighted by Gasteiger charge is -2.13. The number of hydrogen-bond donors (Lipinski definition) is 2. The first-order valence-corrected chi connectivity index (χ1v) is 8.99. The Morgan fingerprint density at radius 1 is 1.25 bits per heavy atom. The molecule has 0 spiro atoms. The topological polar surface area (TPSA) is 46.4 Å². The second-order valence-corrected chi connectivity index (χ2v) is 7.52. The number of benzene rings is 2. The highest BCUT2D eigenvalue weighted by Gasteiger charge is 2.14. The van der Waals surface area contributed by atoms with E-state index in [0.29, 0.717) is 28.8 Å². The number of fused-ring (bicyclic) bond motifs is 1. The summed E-state index contributed by atoms with van der Waals surface area (Å²) in [6.07, 6.45) is 0. The molecule has 0 aliphatic heterocycles. The van der Waals surface area contributed by atoms with Gasteiger partial charge in [-0.3, -0.25) is 4.79 Å². The molecule has 0 fully saturated rings. The molecule has 24 heavy (non-hydrogen) atoms. The minimum absolute atomic E-state index is 0.0992. The highest BCUT2D eigenvalue weighted by Crippen LogP contribution is 2.25. The van der Waals surface area contributed by atoms with E-state index in [1.165, 1.54) is 0 Å². The van der Waals surface area contributed by atoms with Crippen molar-refractivity contribution < 1.29 is 9.69 Å². The number of para-hydroxylation sites is 1. The first kappa shape index (κ1) is 17.2. The molecule has 4 nitrogen and oxygen atoms in total. The van der Waals surface area contributed by atoms with Crippen molar-refractivity contribution in [3.05, 3.63) is 57.5 Å². The lowest BCUT2D eigenvalue weighted by molar-refractivity contribution is -0.885. The summed E-state index contributed by atoms with van der Waals surface area (Å²) >= 11 is 13.6. The number of carbonyl (C=O) groups excluding carboxylic acids is 1. The first-order valence-electron chi connectivity index (χ1n) is 7.42. The molecule has 2 aromatic carbocycles. The van der Waals surface area contributed by atoms with Gasteiger partial charge in [-0.25, -0.2) is 4.98 Å². The maximum Gasteiger partial charge on any atom is 0.279 e. The van der Waals surface area contributed by atoms with Gasteiger partial charge in [0.25, 0.3) is 5.91 Å². The first-order chi connectivity index (χ1) is 11.5. The van der Waals surface area contributed by atoms with E-state index in [0.717, 1.165) is 20.1 Å². The number of amides is 1. The average molecular weight is 381 g/mol. The molecule has 124 valence electrons. The summed E-state index contributed by atoms with van der Waals surface area (Å²) in [5.74, 6) is -0.0992. The van der Waals surface area contributed by atoms with Crippen LogP contribution in [0.4, 0.5) is 5.69 Å². The molecule has 0 bridgehead atoms. The molecule has 0 saturated carbocycles. The third-order valence-electron chi connectivity index (χ3n) is 3.46. The van der Waals surface area contributed by atoms with Crippen molar-refractivity contribution >= 4 is 56.3 Å². The largest absolute Gasteiger partial charge is 0.324 e. The quantitative estimate of drug-likeness (QED) is 0.713. The summed E-state index contributed by atoms with van der Waals surface area (Å²) in [5.41, 5.74) is 1.57. The maximum absolute atomic E-state index is 12.2. The van der Waals surface area contributed by atoms with Gasteiger partial charge in [0.15, 0.2) is 6.54 Å². The summed E-state index contributed by atoms with van der Waals surface area (Å²) < 4.78 is 1.16. The van der Waals surface area contributed by atoms with Crippen molar-refractivity contribution in [2.24, 2.45) is 0 Å². The van der Waals surface area contributed by atoms with Gasteiger partial charge in [-0.2, -0.15) is 0 Å². The molecule has 0 aliphatic rings. The molecule has 1 amide bonds. The van der Waals surface area contributed by atoms with E-state index in [9.17, 15) is 4.79 Å². The van der Waals surface area contributed by atoms with E-state index in [1.807, 2.05) is 25.2 Å². The van der Waals surface area contributed by atoms with Crippen LogP contribution in [0, 0.1) is 0 Å². The van der Waals surface area contributed by atoms with Crippen LogP contribution in [0.15, 0.2) is 42.5 Å². The van der Waals surface area contributed by atoms with Gasteiger partial charge in [0.2, 0.25) is 0 Å². The van der Waals surface area contributed by atoms with Gasteiger partial charge in [-0.1, -0.05) is 35.3 Å². The molecule has 3 aromatic rings. The standard InChI is InChI=1S/C17H15Cl2N3OS/c1-22(10-17-21-14-4-2-3-5-15(14)24-17)9-16(23)20-13-7-6-11(18)8-12(13)19/h2-8H,9-10H2,1H3,(H,20,23)/p+1. The highest BCUT2D eigenvalue weighted by molar-refractivity contribution is 7.18. The molecule has 1 aromatic heterocycles. The molecule has 2 N–H and O–H groups in total. The fourth-order valence-corrected chi connectivity index (χ4v) is 3.91. The number of aromatic nitrogens is 1. The Hall–Kier alpha value is -1.66. The summed E-state index contributed by atoms with van der Waals surface area (Å²) in [7, 11) is 1.97. The zero-order valence-electron chi connectivity index (χ0n) is 13.0. The van der Waals surface area contributed by atoms with Crippen molar-refractivity contribution in [3.8, 4) is 0 Å². The number of thiazole rings is 1. The van der Waals surface area contributed by atoms with E-state index in [2.05, 4.69) is 16.4 Å². The normalized spacial score (nSPS) is 12.3. The van der Waals surface area contributed by atoms with Gasteiger partial charge in [0, 0.05) is 5.02 Å².